The summed E-state index contributed by atoms with van der Waals surface area (Å²) in [6, 6.07) is 7.46. The summed E-state index contributed by atoms with van der Waals surface area (Å²) >= 11 is 0. The second-order valence-corrected chi connectivity index (χ2v) is 8.73. The highest BCUT2D eigenvalue weighted by Crippen LogP contribution is 2.25. The van der Waals surface area contributed by atoms with Crippen LogP contribution >= 0.6 is 0 Å². The summed E-state index contributed by atoms with van der Waals surface area (Å²) in [6.07, 6.45) is 2.19. The molecule has 1 aromatic carbocycles. The van der Waals surface area contributed by atoms with Crippen molar-refractivity contribution in [1.29, 1.82) is 0 Å². The van der Waals surface area contributed by atoms with Crippen LogP contribution in [0.5, 0.6) is 0 Å². The van der Waals surface area contributed by atoms with Crippen molar-refractivity contribution in [3.05, 3.63) is 63.7 Å². The Balaban J connectivity index is 1.58. The minimum absolute atomic E-state index is 0.0290. The number of carbonyl (C=O) groups is 2. The van der Waals surface area contributed by atoms with Crippen LogP contribution in [0.1, 0.15) is 57.1 Å². The lowest BCUT2D eigenvalue weighted by Gasteiger charge is -2.19. The van der Waals surface area contributed by atoms with Crippen molar-refractivity contribution in [3.63, 3.8) is 0 Å². The van der Waals surface area contributed by atoms with Crippen molar-refractivity contribution < 1.29 is 9.59 Å². The number of aryl methyl sites for hydroxylation is 4. The SMILES string of the molecule is Cc1cc(C)nc(-n2nc(C)c(CC(=O)Nc3c(C)cccc3C(=O)N3CCCC3)c2C)n1. The summed E-state index contributed by atoms with van der Waals surface area (Å²) in [5.74, 6) is 0.280. The molecule has 0 spiro atoms. The lowest BCUT2D eigenvalue weighted by atomic mass is 10.1. The lowest BCUT2D eigenvalue weighted by molar-refractivity contribution is -0.115. The molecule has 0 atom stereocenters. The van der Waals surface area contributed by atoms with Crippen LogP contribution in [0.2, 0.25) is 0 Å². The van der Waals surface area contributed by atoms with Crippen molar-refractivity contribution >= 4 is 17.5 Å². The number of carbonyl (C=O) groups excluding carboxylic acids is 2. The summed E-state index contributed by atoms with van der Waals surface area (Å²) in [5.41, 5.74) is 6.11. The Morgan fingerprint density at radius 2 is 1.67 bits per heavy atom. The summed E-state index contributed by atoms with van der Waals surface area (Å²) in [4.78, 5) is 37.0. The largest absolute Gasteiger partial charge is 0.339 e. The van der Waals surface area contributed by atoms with E-state index in [1.165, 1.54) is 0 Å². The first-order valence-corrected chi connectivity index (χ1v) is 11.3. The number of amides is 2. The van der Waals surface area contributed by atoms with Gasteiger partial charge < -0.3 is 10.2 Å². The Kier molecular flexibility index (Phi) is 6.26. The molecule has 1 aliphatic rings. The van der Waals surface area contributed by atoms with Crippen LogP contribution < -0.4 is 5.32 Å². The third-order valence-electron chi connectivity index (χ3n) is 6.10. The topological polar surface area (TPSA) is 93.0 Å². The Labute approximate surface area is 194 Å². The second-order valence-electron chi connectivity index (χ2n) is 8.73. The third-order valence-corrected chi connectivity index (χ3v) is 6.10. The van der Waals surface area contributed by atoms with Crippen molar-refractivity contribution in [1.82, 2.24) is 24.6 Å². The maximum absolute atomic E-state index is 13.1. The highest BCUT2D eigenvalue weighted by Gasteiger charge is 2.24. The first-order chi connectivity index (χ1) is 15.7. The summed E-state index contributed by atoms with van der Waals surface area (Å²) in [6.45, 7) is 11.1. The van der Waals surface area contributed by atoms with Gasteiger partial charge in [0.05, 0.1) is 23.4 Å². The number of hydrogen-bond acceptors (Lipinski definition) is 5. The summed E-state index contributed by atoms with van der Waals surface area (Å²) < 4.78 is 1.69. The quantitative estimate of drug-likeness (QED) is 0.646. The zero-order valence-electron chi connectivity index (χ0n) is 19.9. The predicted molar refractivity (Wildman–Crippen MR) is 127 cm³/mol. The van der Waals surface area contributed by atoms with Gasteiger partial charge in [-0.1, -0.05) is 12.1 Å². The van der Waals surface area contributed by atoms with Crippen molar-refractivity contribution in [2.45, 2.75) is 53.9 Å². The number of likely N-dealkylation sites (tertiary alicyclic amines) is 1. The average Bonchev–Trinajstić information content (AvgIpc) is 3.38. The van der Waals surface area contributed by atoms with Crippen molar-refractivity contribution in [2.24, 2.45) is 0 Å². The van der Waals surface area contributed by atoms with Crippen LogP contribution in [-0.4, -0.2) is 49.6 Å². The van der Waals surface area contributed by atoms with Gasteiger partial charge in [0.15, 0.2) is 0 Å². The molecule has 8 heteroatoms. The van der Waals surface area contributed by atoms with Gasteiger partial charge in [-0.25, -0.2) is 14.6 Å². The van der Waals surface area contributed by atoms with Crippen LogP contribution in [-0.2, 0) is 11.2 Å². The fourth-order valence-electron chi connectivity index (χ4n) is 4.37. The first-order valence-electron chi connectivity index (χ1n) is 11.3. The highest BCUT2D eigenvalue weighted by molar-refractivity contribution is 6.05. The minimum atomic E-state index is -0.188. The van der Waals surface area contributed by atoms with E-state index in [9.17, 15) is 9.59 Å². The zero-order chi connectivity index (χ0) is 23.7. The molecular formula is C25H30N6O2. The normalized spacial score (nSPS) is 13.4. The van der Waals surface area contributed by atoms with E-state index in [-0.39, 0.29) is 18.2 Å². The van der Waals surface area contributed by atoms with Gasteiger partial charge in [0.25, 0.3) is 11.9 Å². The van der Waals surface area contributed by atoms with E-state index in [1.807, 2.05) is 57.7 Å². The molecule has 1 N–H and O–H groups in total. The molecule has 4 rings (SSSR count). The second kappa shape index (κ2) is 9.13. The first kappa shape index (κ1) is 22.6. The standard InChI is InChI=1S/C25H30N6O2/c1-15-9-8-10-20(24(33)30-11-6-7-12-30)23(15)28-22(32)14-21-18(4)29-31(19(21)5)25-26-16(2)13-17(3)27-25/h8-10,13H,6-7,11-12,14H2,1-5H3,(H,28,32). The molecule has 1 fully saturated rings. The van der Waals surface area contributed by atoms with Crippen LogP contribution in [0.25, 0.3) is 5.95 Å². The van der Waals surface area contributed by atoms with E-state index in [0.29, 0.717) is 17.2 Å². The molecule has 0 bridgehead atoms. The predicted octanol–water partition coefficient (Wildman–Crippen LogP) is 3.62. The van der Waals surface area contributed by atoms with Gasteiger partial charge in [-0.05, 0) is 65.2 Å². The summed E-state index contributed by atoms with van der Waals surface area (Å²) in [5, 5.41) is 7.59. The van der Waals surface area contributed by atoms with E-state index in [2.05, 4.69) is 20.4 Å². The number of nitrogens with one attached hydrogen (secondary N) is 1. The smallest absolute Gasteiger partial charge is 0.255 e. The Morgan fingerprint density at radius 3 is 2.33 bits per heavy atom. The molecule has 1 saturated heterocycles. The van der Waals surface area contributed by atoms with Crippen LogP contribution in [0.4, 0.5) is 5.69 Å². The van der Waals surface area contributed by atoms with Crippen LogP contribution in [0.3, 0.4) is 0 Å². The molecule has 1 aliphatic heterocycles. The Morgan fingerprint density at radius 1 is 1.00 bits per heavy atom. The Bertz CT molecular complexity index is 1200. The van der Waals surface area contributed by atoms with Gasteiger partial charge in [-0.2, -0.15) is 5.10 Å². The fraction of sp³-hybridized carbons (Fsp3) is 0.400. The van der Waals surface area contributed by atoms with E-state index >= 15 is 0 Å². The van der Waals surface area contributed by atoms with Gasteiger partial charge in [0, 0.05) is 35.7 Å². The molecule has 0 radical (unpaired) electrons. The van der Waals surface area contributed by atoms with Crippen LogP contribution in [0, 0.1) is 34.6 Å². The van der Waals surface area contributed by atoms with Gasteiger partial charge in [-0.15, -0.1) is 0 Å². The maximum Gasteiger partial charge on any atom is 0.255 e. The maximum atomic E-state index is 13.1. The monoisotopic (exact) mass is 446 g/mol. The number of para-hydroxylation sites is 1. The van der Waals surface area contributed by atoms with E-state index in [0.717, 1.165) is 59.8 Å². The number of aromatic nitrogens is 4. The average molecular weight is 447 g/mol. The molecule has 0 aliphatic carbocycles. The molecule has 2 aromatic heterocycles. The van der Waals surface area contributed by atoms with Crippen molar-refractivity contribution in [2.75, 3.05) is 18.4 Å². The molecular weight excluding hydrogens is 416 g/mol. The molecule has 33 heavy (non-hydrogen) atoms. The van der Waals surface area contributed by atoms with Gasteiger partial charge >= 0.3 is 0 Å². The zero-order valence-corrected chi connectivity index (χ0v) is 19.9. The molecule has 0 unspecified atom stereocenters. The highest BCUT2D eigenvalue weighted by atomic mass is 16.2. The van der Waals surface area contributed by atoms with Gasteiger partial charge in [0.2, 0.25) is 5.91 Å². The van der Waals surface area contributed by atoms with Gasteiger partial charge in [-0.3, -0.25) is 9.59 Å². The van der Waals surface area contributed by atoms with E-state index < -0.39 is 0 Å². The number of hydrogen-bond donors (Lipinski definition) is 1. The van der Waals surface area contributed by atoms with Crippen LogP contribution in [0.15, 0.2) is 24.3 Å². The summed E-state index contributed by atoms with van der Waals surface area (Å²) in [7, 11) is 0. The lowest BCUT2D eigenvalue weighted by Crippen LogP contribution is -2.29. The minimum Gasteiger partial charge on any atom is -0.339 e. The molecule has 2 amide bonds. The number of anilines is 1. The van der Waals surface area contributed by atoms with E-state index in [4.69, 9.17) is 0 Å². The Hall–Kier alpha value is -3.55. The molecule has 0 saturated carbocycles. The van der Waals surface area contributed by atoms with E-state index in [1.54, 1.807) is 10.7 Å². The number of benzene rings is 1. The van der Waals surface area contributed by atoms with Crippen molar-refractivity contribution in [3.8, 4) is 5.95 Å². The van der Waals surface area contributed by atoms with Gasteiger partial charge in [0.1, 0.15) is 0 Å². The number of nitrogens with zero attached hydrogens (tertiary/aromatic N) is 5. The number of rotatable bonds is 5. The molecule has 172 valence electrons. The third kappa shape index (κ3) is 4.65. The molecule has 3 heterocycles. The fourth-order valence-corrected chi connectivity index (χ4v) is 4.37. The molecule has 3 aromatic rings. The molecule has 8 nitrogen and oxygen atoms in total.